The van der Waals surface area contributed by atoms with Crippen molar-refractivity contribution in [2.45, 2.75) is 45.8 Å². The largest absolute Gasteiger partial charge is 1.00 e. The van der Waals surface area contributed by atoms with Gasteiger partial charge in [-0.25, -0.2) is 0 Å². The summed E-state index contributed by atoms with van der Waals surface area (Å²) in [5, 5.41) is 3.44. The fourth-order valence-corrected chi connectivity index (χ4v) is 36.1. The van der Waals surface area contributed by atoms with Crippen LogP contribution in [-0.4, -0.2) is 5.92 Å². The maximum absolute atomic E-state index is 2.56. The van der Waals surface area contributed by atoms with E-state index in [0.29, 0.717) is 0 Å². The number of rotatable bonds is 5. The molecule has 4 unspecified atom stereocenters. The van der Waals surface area contributed by atoms with Crippen LogP contribution >= 0.6 is 0 Å². The standard InChI is InChI=1S/C12H11Si.2C9H11.2ClH.Zr/c1-3-7-11(8-4-1)13-12-9-5-2-6-10-12;2*1-2-5-9-7-3-6-8(9)4-1;;;/h1-10,13H;2*1-2,4,6,9H,3,5,7H2;2*1H;/q;;;;;+2/p-2. The molecule has 4 heteroatoms. The Hall–Kier alpha value is -0.920. The van der Waals surface area contributed by atoms with Gasteiger partial charge in [-0.05, 0) is 0 Å². The topological polar surface area (TPSA) is 0 Å². The molecule has 4 aliphatic rings. The van der Waals surface area contributed by atoms with Crippen molar-refractivity contribution in [3.05, 3.63) is 108 Å². The second-order valence-corrected chi connectivity index (χ2v) is 26.4. The molecule has 0 radical (unpaired) electrons. The number of halogens is 2. The third-order valence-electron chi connectivity index (χ3n) is 8.45. The van der Waals surface area contributed by atoms with Crippen molar-refractivity contribution in [1.82, 2.24) is 0 Å². The van der Waals surface area contributed by atoms with Crippen LogP contribution < -0.4 is 35.2 Å². The normalized spacial score (nSPS) is 26.6. The molecule has 34 heavy (non-hydrogen) atoms. The minimum Gasteiger partial charge on any atom is -1.00 e. The summed E-state index contributed by atoms with van der Waals surface area (Å²) in [7, 11) is 0. The molecule has 0 spiro atoms. The molecule has 2 aromatic rings. The minimum absolute atomic E-state index is 0. The minimum atomic E-state index is -1.96. The summed E-state index contributed by atoms with van der Waals surface area (Å²) in [6, 6.07) is 23.6. The number of benzene rings is 2. The van der Waals surface area contributed by atoms with Gasteiger partial charge in [-0.3, -0.25) is 0 Å². The molecule has 0 nitrogen and oxygen atoms in total. The molecule has 0 amide bonds. The first-order valence-electron chi connectivity index (χ1n) is 12.6. The molecule has 175 valence electrons. The molecule has 2 saturated carbocycles. The summed E-state index contributed by atoms with van der Waals surface area (Å²) >= 11 is -1.96. The first kappa shape index (κ1) is 26.2. The van der Waals surface area contributed by atoms with Gasteiger partial charge in [0.25, 0.3) is 0 Å². The average molecular weight is 584 g/mol. The van der Waals surface area contributed by atoms with Gasteiger partial charge in [0.05, 0.1) is 0 Å². The van der Waals surface area contributed by atoms with Crippen molar-refractivity contribution in [3.8, 4) is 0 Å². The molecule has 0 heterocycles. The Morgan fingerprint density at radius 3 is 1.47 bits per heavy atom. The molecule has 4 atom stereocenters. The molecule has 0 saturated heterocycles. The Morgan fingerprint density at radius 1 is 0.588 bits per heavy atom. The van der Waals surface area contributed by atoms with Crippen LogP contribution in [0.3, 0.4) is 0 Å². The molecular weight excluding hydrogens is 551 g/mol. The summed E-state index contributed by atoms with van der Waals surface area (Å²) in [6.07, 6.45) is 23.1. The van der Waals surface area contributed by atoms with Gasteiger partial charge in [0, 0.05) is 0 Å². The van der Waals surface area contributed by atoms with Gasteiger partial charge in [-0.1, -0.05) is 0 Å². The summed E-state index contributed by atoms with van der Waals surface area (Å²) in [5.74, 6) is 0.455. The summed E-state index contributed by atoms with van der Waals surface area (Å²) in [5.41, 5.74) is 3.75. The van der Waals surface area contributed by atoms with Crippen LogP contribution in [0.5, 0.6) is 0 Å². The van der Waals surface area contributed by atoms with Crippen LogP contribution in [0.2, 0.25) is 7.25 Å². The molecule has 2 fully saturated rings. The van der Waals surface area contributed by atoms with Gasteiger partial charge in [0.2, 0.25) is 0 Å². The second-order valence-electron chi connectivity index (χ2n) is 10.1. The van der Waals surface area contributed by atoms with Gasteiger partial charge >= 0.3 is 203 Å². The van der Waals surface area contributed by atoms with Crippen molar-refractivity contribution in [2.75, 3.05) is 0 Å². The second kappa shape index (κ2) is 11.9. The Morgan fingerprint density at radius 2 is 1.03 bits per heavy atom. The van der Waals surface area contributed by atoms with Crippen molar-refractivity contribution in [3.63, 3.8) is 0 Å². The van der Waals surface area contributed by atoms with Gasteiger partial charge in [-0.2, -0.15) is 0 Å². The van der Waals surface area contributed by atoms with Crippen LogP contribution in [0.1, 0.15) is 38.5 Å². The van der Waals surface area contributed by atoms with Gasteiger partial charge in [0.1, 0.15) is 0 Å². The number of allylic oxidation sites excluding steroid dienone is 8. The summed E-state index contributed by atoms with van der Waals surface area (Å²) in [6.45, 7) is 0. The molecular formula is C30H33Cl2SiZr. The molecule has 0 aromatic heterocycles. The first-order valence-corrected chi connectivity index (χ1v) is 21.4. The van der Waals surface area contributed by atoms with Crippen LogP contribution in [-0.2, 0) is 20.9 Å². The molecule has 4 aliphatic carbocycles. The number of fused-ring (bicyclic) bond motifs is 2. The quantitative estimate of drug-likeness (QED) is 0.445. The van der Waals surface area contributed by atoms with Crippen LogP contribution in [0.4, 0.5) is 0 Å². The molecule has 0 N–H and O–H groups in total. The summed E-state index contributed by atoms with van der Waals surface area (Å²) in [4.78, 5) is 0. The third kappa shape index (κ3) is 4.99. The fraction of sp³-hybridized carbons (Fsp3) is 0.333. The van der Waals surface area contributed by atoms with Crippen molar-refractivity contribution in [2.24, 2.45) is 11.8 Å². The van der Waals surface area contributed by atoms with E-state index in [2.05, 4.69) is 97.1 Å². The van der Waals surface area contributed by atoms with E-state index in [0.717, 1.165) is 19.1 Å². The molecule has 2 aromatic carbocycles. The van der Waals surface area contributed by atoms with E-state index in [9.17, 15) is 0 Å². The molecule has 0 bridgehead atoms. The zero-order chi connectivity index (χ0) is 21.3. The predicted molar refractivity (Wildman–Crippen MR) is 136 cm³/mol. The predicted octanol–water partition coefficient (Wildman–Crippen LogP) is 0.320. The van der Waals surface area contributed by atoms with E-state index >= 15 is 0 Å². The third-order valence-corrected chi connectivity index (χ3v) is 32.8. The first-order chi connectivity index (χ1) is 15.9. The zero-order valence-corrected chi connectivity index (χ0v) is 24.7. The monoisotopic (exact) mass is 581 g/mol. The van der Waals surface area contributed by atoms with E-state index < -0.39 is 26.8 Å². The van der Waals surface area contributed by atoms with E-state index in [1.807, 2.05) is 11.1 Å². The van der Waals surface area contributed by atoms with Crippen LogP contribution in [0, 0.1) is 11.8 Å². The summed E-state index contributed by atoms with van der Waals surface area (Å²) < 4.78 is 1.89. The zero-order valence-electron chi connectivity index (χ0n) is 19.6. The van der Waals surface area contributed by atoms with E-state index in [-0.39, 0.29) is 24.8 Å². The van der Waals surface area contributed by atoms with Gasteiger partial charge in [-0.15, -0.1) is 0 Å². The Kier molecular flexibility index (Phi) is 9.14. The Labute approximate surface area is 226 Å². The van der Waals surface area contributed by atoms with E-state index in [1.54, 1.807) is 10.4 Å². The molecule has 0 aliphatic heterocycles. The average Bonchev–Trinajstić information content (AvgIpc) is 3.48. The maximum atomic E-state index is 2.56. The Bertz CT molecular complexity index is 990. The van der Waals surface area contributed by atoms with E-state index in [1.165, 1.54) is 38.5 Å². The van der Waals surface area contributed by atoms with Crippen molar-refractivity contribution < 1.29 is 45.7 Å². The number of hydrogen-bond donors (Lipinski definition) is 0. The van der Waals surface area contributed by atoms with Crippen LogP contribution in [0.25, 0.3) is 0 Å². The van der Waals surface area contributed by atoms with Gasteiger partial charge < -0.3 is 24.8 Å². The molecule has 6 rings (SSSR count). The van der Waals surface area contributed by atoms with E-state index in [4.69, 9.17) is 0 Å². The Balaban J connectivity index is 0.00000137. The van der Waals surface area contributed by atoms with Crippen LogP contribution in [0.15, 0.2) is 108 Å². The SMILES string of the molecule is C1=CCC2CC[CH]([Zr+2]([CH]3CCC4CC=CC=C43)[SiH](c3ccccc3)c3ccccc3)C2=C1.[Cl-].[Cl-]. The van der Waals surface area contributed by atoms with Crippen molar-refractivity contribution >= 4 is 16.3 Å². The smallest absolute Gasteiger partial charge is 1.00 e. The van der Waals surface area contributed by atoms with Crippen molar-refractivity contribution in [1.29, 1.82) is 0 Å². The van der Waals surface area contributed by atoms with Gasteiger partial charge in [0.15, 0.2) is 0 Å². The fourth-order valence-electron chi connectivity index (χ4n) is 7.06. The maximum Gasteiger partial charge on any atom is -1.00 e. The number of hydrogen-bond acceptors (Lipinski definition) is 0.